The molecule has 0 spiro atoms. The first-order chi connectivity index (χ1) is 16.5. The molecule has 0 saturated heterocycles. The first kappa shape index (κ1) is 25.8. The summed E-state index contributed by atoms with van der Waals surface area (Å²) in [5.41, 5.74) is 13.2. The van der Waals surface area contributed by atoms with Crippen molar-refractivity contribution >= 4 is 74.0 Å². The van der Waals surface area contributed by atoms with Gasteiger partial charge in [0.25, 0.3) is 5.91 Å². The van der Waals surface area contributed by atoms with E-state index in [1.807, 2.05) is 0 Å². The lowest BCUT2D eigenvalue weighted by Crippen LogP contribution is -2.41. The van der Waals surface area contributed by atoms with Crippen molar-refractivity contribution in [2.75, 3.05) is 23.4 Å². The molecule has 3 rings (SSSR count). The topological polar surface area (TPSA) is 211 Å². The third-order valence-corrected chi connectivity index (χ3v) is 5.70. The Morgan fingerprint density at radius 3 is 2.54 bits per heavy atom. The first-order valence-corrected chi connectivity index (χ1v) is 11.1. The summed E-state index contributed by atoms with van der Waals surface area (Å²) >= 11 is 9.84. The molecule has 0 fully saturated rings. The molecule has 1 amide bonds. The largest absolute Gasteiger partial charge is 0.481 e. The Kier molecular flexibility index (Phi) is 7.86. The SMILES string of the molecule is CN(Cc1cnc2nc(N)nc(N)c2n1)c1c(Cl)cc(C(=O)N[C@H](CCC(=O)O)C(=O)O)cc1Br. The van der Waals surface area contributed by atoms with Gasteiger partial charge >= 0.3 is 11.9 Å². The Balaban J connectivity index is 1.80. The van der Waals surface area contributed by atoms with Gasteiger partial charge in [-0.05, 0) is 34.5 Å². The summed E-state index contributed by atoms with van der Waals surface area (Å²) < 4.78 is 0.458. The number of nitrogens with one attached hydrogen (secondary N) is 1. The highest BCUT2D eigenvalue weighted by atomic mass is 79.9. The van der Waals surface area contributed by atoms with E-state index in [-0.39, 0.29) is 41.0 Å². The zero-order valence-corrected chi connectivity index (χ0v) is 20.5. The molecule has 35 heavy (non-hydrogen) atoms. The lowest BCUT2D eigenvalue weighted by atomic mass is 10.1. The number of rotatable bonds is 9. The maximum Gasteiger partial charge on any atom is 0.326 e. The van der Waals surface area contributed by atoms with Gasteiger partial charge in [-0.2, -0.15) is 9.97 Å². The van der Waals surface area contributed by atoms with Crippen LogP contribution in [0.25, 0.3) is 11.2 Å². The van der Waals surface area contributed by atoms with Crippen LogP contribution in [0.5, 0.6) is 0 Å². The highest BCUT2D eigenvalue weighted by molar-refractivity contribution is 9.10. The average molecular weight is 568 g/mol. The van der Waals surface area contributed by atoms with E-state index in [4.69, 9.17) is 28.2 Å². The lowest BCUT2D eigenvalue weighted by Gasteiger charge is -2.22. The van der Waals surface area contributed by atoms with Gasteiger partial charge in [-0.1, -0.05) is 11.6 Å². The van der Waals surface area contributed by atoms with E-state index in [1.165, 1.54) is 18.3 Å². The van der Waals surface area contributed by atoms with Gasteiger partial charge < -0.3 is 31.9 Å². The second-order valence-corrected chi connectivity index (χ2v) is 8.70. The van der Waals surface area contributed by atoms with Crippen molar-refractivity contribution in [3.8, 4) is 0 Å². The maximum absolute atomic E-state index is 12.6. The van der Waals surface area contributed by atoms with Crippen molar-refractivity contribution in [1.29, 1.82) is 0 Å². The highest BCUT2D eigenvalue weighted by Crippen LogP contribution is 2.35. The van der Waals surface area contributed by atoms with Gasteiger partial charge in [-0.25, -0.2) is 14.8 Å². The highest BCUT2D eigenvalue weighted by Gasteiger charge is 2.23. The number of hydrogen-bond donors (Lipinski definition) is 5. The van der Waals surface area contributed by atoms with E-state index in [0.717, 1.165) is 0 Å². The molecular weight excluding hydrogens is 548 g/mol. The molecule has 7 N–H and O–H groups in total. The summed E-state index contributed by atoms with van der Waals surface area (Å²) in [5, 5.41) is 20.5. The smallest absolute Gasteiger partial charge is 0.326 e. The molecule has 0 aliphatic carbocycles. The number of nitrogen functional groups attached to an aromatic ring is 2. The Hall–Kier alpha value is -3.78. The fourth-order valence-corrected chi connectivity index (χ4v) is 4.45. The molecule has 1 atom stereocenters. The Bertz CT molecular complexity index is 1300. The predicted molar refractivity (Wildman–Crippen MR) is 131 cm³/mol. The number of aromatic nitrogens is 4. The van der Waals surface area contributed by atoms with Gasteiger partial charge in [0.05, 0.1) is 29.1 Å². The number of carbonyl (C=O) groups is 3. The van der Waals surface area contributed by atoms with Crippen LogP contribution in [0.1, 0.15) is 28.9 Å². The third kappa shape index (κ3) is 6.22. The Labute approximate surface area is 211 Å². The summed E-state index contributed by atoms with van der Waals surface area (Å²) in [6.07, 6.45) is 0.840. The minimum Gasteiger partial charge on any atom is -0.481 e. The third-order valence-electron chi connectivity index (χ3n) is 4.81. The average Bonchev–Trinajstić information content (AvgIpc) is 2.75. The first-order valence-electron chi connectivity index (χ1n) is 9.96. The van der Waals surface area contributed by atoms with Crippen molar-refractivity contribution in [3.05, 3.63) is 39.1 Å². The number of halogens is 2. The molecule has 0 aliphatic rings. The predicted octanol–water partition coefficient (Wildman–Crippen LogP) is 1.68. The van der Waals surface area contributed by atoms with Gasteiger partial charge in [-0.15, -0.1) is 0 Å². The molecule has 0 bridgehead atoms. The Morgan fingerprint density at radius 1 is 1.20 bits per heavy atom. The summed E-state index contributed by atoms with van der Waals surface area (Å²) in [5.74, 6) is -3.13. The van der Waals surface area contributed by atoms with Crippen LogP contribution in [-0.4, -0.2) is 61.1 Å². The monoisotopic (exact) mass is 566 g/mol. The van der Waals surface area contributed by atoms with Crippen LogP contribution in [0.2, 0.25) is 5.02 Å². The van der Waals surface area contributed by atoms with E-state index in [0.29, 0.717) is 21.4 Å². The van der Waals surface area contributed by atoms with Gasteiger partial charge in [0, 0.05) is 23.5 Å². The molecule has 0 radical (unpaired) electrons. The Morgan fingerprint density at radius 2 is 1.91 bits per heavy atom. The minimum absolute atomic E-state index is 0.00873. The fourth-order valence-electron chi connectivity index (χ4n) is 3.21. The van der Waals surface area contributed by atoms with Crippen molar-refractivity contribution in [2.45, 2.75) is 25.4 Å². The molecule has 1 aromatic carbocycles. The fraction of sp³-hybridized carbons (Fsp3) is 0.250. The van der Waals surface area contributed by atoms with Crippen molar-refractivity contribution in [1.82, 2.24) is 25.3 Å². The van der Waals surface area contributed by atoms with Crippen LogP contribution in [-0.2, 0) is 16.1 Å². The number of benzene rings is 1. The molecule has 13 nitrogen and oxygen atoms in total. The van der Waals surface area contributed by atoms with Crippen molar-refractivity contribution in [2.24, 2.45) is 0 Å². The van der Waals surface area contributed by atoms with E-state index >= 15 is 0 Å². The van der Waals surface area contributed by atoms with E-state index < -0.39 is 30.3 Å². The zero-order chi connectivity index (χ0) is 25.9. The summed E-state index contributed by atoms with van der Waals surface area (Å²) in [7, 11) is 1.74. The van der Waals surface area contributed by atoms with E-state index in [2.05, 4.69) is 41.2 Å². The number of carboxylic acids is 2. The number of carbonyl (C=O) groups excluding carboxylic acids is 1. The molecular formula is C20H20BrClN8O5. The molecule has 0 unspecified atom stereocenters. The molecule has 2 aromatic heterocycles. The summed E-state index contributed by atoms with van der Waals surface area (Å²) in [4.78, 5) is 53.0. The molecule has 0 saturated carbocycles. The van der Waals surface area contributed by atoms with Gasteiger partial charge in [0.15, 0.2) is 17.0 Å². The summed E-state index contributed by atoms with van der Waals surface area (Å²) in [6.45, 7) is 0.257. The van der Waals surface area contributed by atoms with Crippen LogP contribution >= 0.6 is 27.5 Å². The van der Waals surface area contributed by atoms with Crippen LogP contribution in [0.4, 0.5) is 17.5 Å². The van der Waals surface area contributed by atoms with Gasteiger partial charge in [0.1, 0.15) is 6.04 Å². The standard InChI is InChI=1S/C20H20BrClN8O5/c1-30(7-9-6-25-17-14(26-9)16(23)28-20(24)29-17)15-10(21)4-8(5-11(15)22)18(33)27-12(19(34)35)2-3-13(31)32/h4-6,12H,2-3,7H2,1H3,(H,27,33)(H,31,32)(H,34,35)(H4,23,24,25,28,29)/t12-/m1/s1. The second-order valence-electron chi connectivity index (χ2n) is 7.44. The molecule has 3 aromatic rings. The molecule has 0 aliphatic heterocycles. The van der Waals surface area contributed by atoms with Crippen LogP contribution in [0.3, 0.4) is 0 Å². The van der Waals surface area contributed by atoms with Gasteiger partial charge in [-0.3, -0.25) is 9.59 Å². The van der Waals surface area contributed by atoms with Crippen molar-refractivity contribution in [3.63, 3.8) is 0 Å². The molecule has 15 heteroatoms. The molecule has 184 valence electrons. The van der Waals surface area contributed by atoms with Crippen LogP contribution in [0.15, 0.2) is 22.8 Å². The van der Waals surface area contributed by atoms with Crippen LogP contribution < -0.4 is 21.7 Å². The number of nitrogens with zero attached hydrogens (tertiary/aromatic N) is 5. The van der Waals surface area contributed by atoms with Crippen molar-refractivity contribution < 1.29 is 24.6 Å². The van der Waals surface area contributed by atoms with Crippen LogP contribution in [0, 0.1) is 0 Å². The quantitative estimate of drug-likeness (QED) is 0.250. The zero-order valence-electron chi connectivity index (χ0n) is 18.2. The lowest BCUT2D eigenvalue weighted by molar-refractivity contribution is -0.140. The minimum atomic E-state index is -1.36. The number of fused-ring (bicyclic) bond motifs is 1. The number of nitrogens with two attached hydrogens (primary N) is 2. The summed E-state index contributed by atoms with van der Waals surface area (Å²) in [6, 6.07) is 1.49. The number of anilines is 3. The number of carboxylic acid groups (broad SMARTS) is 2. The van der Waals surface area contributed by atoms with Gasteiger partial charge in [0.2, 0.25) is 5.95 Å². The maximum atomic E-state index is 12.6. The second kappa shape index (κ2) is 10.7. The van der Waals surface area contributed by atoms with E-state index in [1.54, 1.807) is 11.9 Å². The molecule has 2 heterocycles. The number of aliphatic carboxylic acids is 2. The number of amides is 1. The number of hydrogen-bond acceptors (Lipinski definition) is 10. The van der Waals surface area contributed by atoms with E-state index in [9.17, 15) is 19.5 Å². The normalized spacial score (nSPS) is 11.7.